The van der Waals surface area contributed by atoms with Crippen molar-refractivity contribution in [3.05, 3.63) is 35.9 Å². The number of alkyl halides is 2. The second-order valence-electron chi connectivity index (χ2n) is 4.62. The highest BCUT2D eigenvalue weighted by molar-refractivity contribution is 7.53. The molecule has 5 nitrogen and oxygen atoms in total. The molecule has 0 spiro atoms. The van der Waals surface area contributed by atoms with Crippen molar-refractivity contribution in [2.45, 2.75) is 13.0 Å². The minimum absolute atomic E-state index is 0.267. The maximum absolute atomic E-state index is 12.3. The van der Waals surface area contributed by atoms with Crippen molar-refractivity contribution in [3.8, 4) is 0 Å². The summed E-state index contributed by atoms with van der Waals surface area (Å²) in [5.41, 5.74) is 6.85. The highest BCUT2D eigenvalue weighted by Gasteiger charge is 2.26. The van der Waals surface area contributed by atoms with Gasteiger partial charge in [0.15, 0.2) is 0 Å². The summed E-state index contributed by atoms with van der Waals surface area (Å²) in [6, 6.07) is 9.90. The zero-order valence-electron chi connectivity index (χ0n) is 12.5. The van der Waals surface area contributed by atoms with Crippen LogP contribution in [0.1, 0.15) is 12.0 Å². The lowest BCUT2D eigenvalue weighted by Gasteiger charge is -2.26. The fourth-order valence-electron chi connectivity index (χ4n) is 1.79. The van der Waals surface area contributed by atoms with Gasteiger partial charge in [0, 0.05) is 31.5 Å². The first kappa shape index (κ1) is 19.9. The third kappa shape index (κ3) is 7.93. The van der Waals surface area contributed by atoms with E-state index in [1.54, 1.807) is 0 Å². The lowest BCUT2D eigenvalue weighted by Crippen LogP contribution is -2.29. The van der Waals surface area contributed by atoms with Crippen molar-refractivity contribution in [2.75, 3.05) is 38.1 Å². The number of nitrogens with zero attached hydrogens (tertiary/aromatic N) is 1. The van der Waals surface area contributed by atoms with E-state index in [1.807, 2.05) is 30.3 Å². The molecule has 0 radical (unpaired) electrons. The molecule has 1 rings (SSSR count). The zero-order chi connectivity index (χ0) is 16.3. The van der Waals surface area contributed by atoms with Crippen LogP contribution in [-0.4, -0.2) is 42.7 Å². The van der Waals surface area contributed by atoms with Gasteiger partial charge in [-0.05, 0) is 12.0 Å². The van der Waals surface area contributed by atoms with Crippen molar-refractivity contribution in [1.29, 1.82) is 0 Å². The third-order valence-corrected chi connectivity index (χ3v) is 4.98. The van der Waals surface area contributed by atoms with Gasteiger partial charge in [0.25, 0.3) is 0 Å². The molecule has 0 amide bonds. The largest absolute Gasteiger partial charge is 0.377 e. The normalized spacial score (nSPS) is 14.2. The van der Waals surface area contributed by atoms with E-state index in [-0.39, 0.29) is 6.61 Å². The lowest BCUT2D eigenvalue weighted by molar-refractivity contribution is 0.106. The maximum Gasteiger partial charge on any atom is 0.340 e. The highest BCUT2D eigenvalue weighted by Crippen LogP contribution is 2.42. The van der Waals surface area contributed by atoms with Crippen molar-refractivity contribution in [3.63, 3.8) is 0 Å². The predicted octanol–water partition coefficient (Wildman–Crippen LogP) is 3.46. The molecule has 0 heterocycles. The monoisotopic (exact) mass is 368 g/mol. The fourth-order valence-corrected chi connectivity index (χ4v) is 3.74. The third-order valence-electron chi connectivity index (χ3n) is 2.90. The van der Waals surface area contributed by atoms with Gasteiger partial charge in [-0.25, -0.2) is 10.2 Å². The second-order valence-corrected chi connectivity index (χ2v) is 7.33. The summed E-state index contributed by atoms with van der Waals surface area (Å²) in [5.74, 6) is 0.642. The van der Waals surface area contributed by atoms with Crippen LogP contribution in [0.15, 0.2) is 30.3 Å². The molecule has 1 aromatic rings. The second kappa shape index (κ2) is 11.4. The SMILES string of the molecule is N[P@](=O)(OCCCOCc1ccccc1)N(CCCl)CCCl. The molecule has 1 aromatic carbocycles. The average molecular weight is 369 g/mol. The zero-order valence-corrected chi connectivity index (χ0v) is 14.9. The number of nitrogens with two attached hydrogens (primary N) is 1. The van der Waals surface area contributed by atoms with E-state index in [1.165, 1.54) is 4.67 Å². The van der Waals surface area contributed by atoms with Gasteiger partial charge in [0.2, 0.25) is 0 Å². The molecule has 0 aliphatic carbocycles. The molecule has 2 N–H and O–H groups in total. The van der Waals surface area contributed by atoms with Gasteiger partial charge >= 0.3 is 7.67 Å². The van der Waals surface area contributed by atoms with Gasteiger partial charge < -0.3 is 9.26 Å². The number of halogens is 2. The summed E-state index contributed by atoms with van der Waals surface area (Å²) in [6.07, 6.45) is 0.615. The Hall–Kier alpha value is -0.130. The van der Waals surface area contributed by atoms with Crippen LogP contribution in [0.3, 0.4) is 0 Å². The Balaban J connectivity index is 2.20. The fraction of sp³-hybridized carbons (Fsp3) is 0.571. The van der Waals surface area contributed by atoms with E-state index in [4.69, 9.17) is 38.0 Å². The summed E-state index contributed by atoms with van der Waals surface area (Å²) in [5, 5.41) is 0. The minimum Gasteiger partial charge on any atom is -0.377 e. The first-order valence-electron chi connectivity index (χ1n) is 7.12. The Morgan fingerprint density at radius 2 is 1.73 bits per heavy atom. The first-order valence-corrected chi connectivity index (χ1v) is 9.84. The molecule has 0 aliphatic heterocycles. The quantitative estimate of drug-likeness (QED) is 0.347. The molecule has 0 unspecified atom stereocenters. The molecule has 0 saturated carbocycles. The summed E-state index contributed by atoms with van der Waals surface area (Å²) in [6.45, 7) is 2.09. The predicted molar refractivity (Wildman–Crippen MR) is 91.5 cm³/mol. The van der Waals surface area contributed by atoms with Crippen LogP contribution in [0.4, 0.5) is 0 Å². The van der Waals surface area contributed by atoms with Crippen LogP contribution in [0.5, 0.6) is 0 Å². The smallest absolute Gasteiger partial charge is 0.340 e. The molecule has 22 heavy (non-hydrogen) atoms. The van der Waals surface area contributed by atoms with Gasteiger partial charge in [0.05, 0.1) is 13.2 Å². The number of ether oxygens (including phenoxy) is 1. The Bertz CT molecular complexity index is 445. The van der Waals surface area contributed by atoms with E-state index in [0.29, 0.717) is 44.5 Å². The standard InChI is InChI=1S/C14H23Cl2N2O3P/c15-7-9-18(10-8-16)22(17,19)21-12-4-11-20-13-14-5-2-1-3-6-14/h1-3,5-6H,4,7-13H2,(H2,17,19)/t22-/m0/s1. The van der Waals surface area contributed by atoms with E-state index in [2.05, 4.69) is 0 Å². The van der Waals surface area contributed by atoms with Crippen molar-refractivity contribution in [1.82, 2.24) is 4.67 Å². The lowest BCUT2D eigenvalue weighted by atomic mass is 10.2. The summed E-state index contributed by atoms with van der Waals surface area (Å²) in [4.78, 5) is 0. The van der Waals surface area contributed by atoms with E-state index >= 15 is 0 Å². The van der Waals surface area contributed by atoms with Gasteiger partial charge in [-0.15, -0.1) is 23.2 Å². The van der Waals surface area contributed by atoms with Crippen molar-refractivity contribution in [2.24, 2.45) is 5.50 Å². The highest BCUT2D eigenvalue weighted by atomic mass is 35.5. The molecule has 8 heteroatoms. The van der Waals surface area contributed by atoms with Crippen molar-refractivity contribution < 1.29 is 13.8 Å². The summed E-state index contributed by atoms with van der Waals surface area (Å²) >= 11 is 11.3. The molecule has 0 aromatic heterocycles. The molecule has 126 valence electrons. The van der Waals surface area contributed by atoms with Crippen molar-refractivity contribution >= 4 is 30.9 Å². The summed E-state index contributed by atoms with van der Waals surface area (Å²) < 4.78 is 24.6. The van der Waals surface area contributed by atoms with E-state index in [0.717, 1.165) is 5.56 Å². The first-order chi connectivity index (χ1) is 10.6. The number of benzene rings is 1. The van der Waals surface area contributed by atoms with Gasteiger partial charge in [-0.2, -0.15) is 0 Å². The molecule has 0 saturated heterocycles. The Morgan fingerprint density at radius 3 is 2.32 bits per heavy atom. The number of hydrogen-bond acceptors (Lipinski definition) is 3. The average Bonchev–Trinajstić information content (AvgIpc) is 2.51. The van der Waals surface area contributed by atoms with Gasteiger partial charge in [-0.1, -0.05) is 30.3 Å². The molecular formula is C14H23Cl2N2O3P. The van der Waals surface area contributed by atoms with Crippen LogP contribution in [0.2, 0.25) is 0 Å². The Morgan fingerprint density at radius 1 is 1.09 bits per heavy atom. The van der Waals surface area contributed by atoms with Crippen LogP contribution in [0.25, 0.3) is 0 Å². The van der Waals surface area contributed by atoms with Crippen LogP contribution < -0.4 is 5.50 Å². The Labute approximate surface area is 142 Å². The van der Waals surface area contributed by atoms with Gasteiger partial charge in [-0.3, -0.25) is 4.57 Å². The molecule has 0 bridgehead atoms. The number of rotatable bonds is 12. The molecule has 1 atom stereocenters. The Kier molecular flexibility index (Phi) is 10.3. The van der Waals surface area contributed by atoms with Crippen LogP contribution in [-0.2, 0) is 20.4 Å². The minimum atomic E-state index is -3.33. The summed E-state index contributed by atoms with van der Waals surface area (Å²) in [7, 11) is -3.33. The molecular weight excluding hydrogens is 346 g/mol. The van der Waals surface area contributed by atoms with Gasteiger partial charge in [0.1, 0.15) is 0 Å². The van der Waals surface area contributed by atoms with E-state index in [9.17, 15) is 4.57 Å². The number of hydrogen-bond donors (Lipinski definition) is 1. The van der Waals surface area contributed by atoms with Crippen LogP contribution in [0, 0.1) is 0 Å². The molecule has 0 fully saturated rings. The maximum atomic E-state index is 12.3. The molecule has 0 aliphatic rings. The van der Waals surface area contributed by atoms with E-state index < -0.39 is 7.67 Å². The van der Waals surface area contributed by atoms with Crippen LogP contribution >= 0.6 is 30.9 Å². The topological polar surface area (TPSA) is 64.8 Å².